The Morgan fingerprint density at radius 2 is 2.15 bits per heavy atom. The van der Waals surface area contributed by atoms with Crippen LogP contribution in [0.2, 0.25) is 0 Å². The quantitative estimate of drug-likeness (QED) is 0.674. The van der Waals surface area contributed by atoms with Crippen LogP contribution in [-0.2, 0) is 9.53 Å². The van der Waals surface area contributed by atoms with Crippen LogP contribution < -0.4 is 0 Å². The van der Waals surface area contributed by atoms with E-state index < -0.39 is 0 Å². The first kappa shape index (κ1) is 10.5. The maximum Gasteiger partial charge on any atom is 0.309 e. The van der Waals surface area contributed by atoms with E-state index in [1.807, 2.05) is 13.8 Å². The van der Waals surface area contributed by atoms with Crippen molar-refractivity contribution in [3.05, 3.63) is 0 Å². The molecule has 1 saturated carbocycles. The molecule has 3 nitrogen and oxygen atoms in total. The van der Waals surface area contributed by atoms with Crippen LogP contribution in [0.25, 0.3) is 0 Å². The van der Waals surface area contributed by atoms with E-state index in [0.29, 0.717) is 6.42 Å². The maximum absolute atomic E-state index is 11.3. The second kappa shape index (κ2) is 3.29. The summed E-state index contributed by atoms with van der Waals surface area (Å²) in [5.74, 6) is 0.114. The fourth-order valence-corrected chi connectivity index (χ4v) is 2.15. The zero-order chi connectivity index (χ0) is 10.2. The zero-order valence-corrected chi connectivity index (χ0v) is 8.70. The molecule has 1 unspecified atom stereocenters. The van der Waals surface area contributed by atoms with Gasteiger partial charge in [0.05, 0.1) is 19.1 Å². The van der Waals surface area contributed by atoms with Gasteiger partial charge in [-0.2, -0.15) is 0 Å². The number of aliphatic hydroxyl groups excluding tert-OH is 1. The van der Waals surface area contributed by atoms with E-state index in [1.54, 1.807) is 6.92 Å². The molecule has 1 aliphatic carbocycles. The number of carbonyl (C=O) groups excluding carboxylic acids is 1. The van der Waals surface area contributed by atoms with E-state index in [-0.39, 0.29) is 29.3 Å². The Bertz CT molecular complexity index is 208. The molecule has 1 fully saturated rings. The van der Waals surface area contributed by atoms with Crippen LogP contribution in [-0.4, -0.2) is 24.3 Å². The molecule has 0 saturated heterocycles. The number of carbonyl (C=O) groups is 1. The summed E-state index contributed by atoms with van der Waals surface area (Å²) >= 11 is 0. The minimum absolute atomic E-state index is 0.00405. The zero-order valence-electron chi connectivity index (χ0n) is 8.70. The first-order chi connectivity index (χ1) is 5.91. The van der Waals surface area contributed by atoms with Crippen LogP contribution >= 0.6 is 0 Å². The van der Waals surface area contributed by atoms with E-state index >= 15 is 0 Å². The lowest BCUT2D eigenvalue weighted by Gasteiger charge is -2.03. The molecule has 0 bridgehead atoms. The van der Waals surface area contributed by atoms with E-state index in [0.717, 1.165) is 0 Å². The summed E-state index contributed by atoms with van der Waals surface area (Å²) in [5.41, 5.74) is 0.00405. The van der Waals surface area contributed by atoms with Crippen molar-refractivity contribution in [2.24, 2.45) is 17.3 Å². The van der Waals surface area contributed by atoms with Crippen LogP contribution in [0.4, 0.5) is 0 Å². The summed E-state index contributed by atoms with van der Waals surface area (Å²) in [4.78, 5) is 11.3. The molecule has 0 aliphatic heterocycles. The van der Waals surface area contributed by atoms with Gasteiger partial charge in [-0.1, -0.05) is 13.8 Å². The van der Waals surface area contributed by atoms with Gasteiger partial charge < -0.3 is 9.84 Å². The predicted molar refractivity (Wildman–Crippen MR) is 49.1 cm³/mol. The number of ether oxygens (including phenoxy) is 1. The second-order valence-corrected chi connectivity index (χ2v) is 4.51. The highest BCUT2D eigenvalue weighted by molar-refractivity contribution is 5.77. The molecular formula is C10H18O3. The van der Waals surface area contributed by atoms with Crippen molar-refractivity contribution >= 4 is 5.97 Å². The highest BCUT2D eigenvalue weighted by Gasteiger charge is 2.62. The number of aliphatic hydroxyl groups is 1. The summed E-state index contributed by atoms with van der Waals surface area (Å²) in [6, 6.07) is 0. The fraction of sp³-hybridized carbons (Fsp3) is 0.900. The second-order valence-electron chi connectivity index (χ2n) is 4.51. The van der Waals surface area contributed by atoms with Gasteiger partial charge in [-0.15, -0.1) is 0 Å². The van der Waals surface area contributed by atoms with E-state index in [9.17, 15) is 9.90 Å². The Morgan fingerprint density at radius 3 is 2.54 bits per heavy atom. The molecule has 0 heterocycles. The van der Waals surface area contributed by atoms with Crippen molar-refractivity contribution < 1.29 is 14.6 Å². The fourth-order valence-electron chi connectivity index (χ4n) is 2.15. The van der Waals surface area contributed by atoms with Gasteiger partial charge in [-0.3, -0.25) is 4.79 Å². The normalized spacial score (nSPS) is 32.4. The largest absolute Gasteiger partial charge is 0.469 e. The number of rotatable bonds is 3. The third kappa shape index (κ3) is 1.85. The summed E-state index contributed by atoms with van der Waals surface area (Å²) in [7, 11) is 1.41. The molecule has 0 aromatic rings. The molecule has 76 valence electrons. The predicted octanol–water partition coefficient (Wildman–Crippen LogP) is 1.20. The average Bonchev–Trinajstić information content (AvgIpc) is 2.51. The lowest BCUT2D eigenvalue weighted by atomic mass is 10.1. The highest BCUT2D eigenvalue weighted by Crippen LogP contribution is 2.60. The minimum Gasteiger partial charge on any atom is -0.469 e. The molecule has 0 spiro atoms. The van der Waals surface area contributed by atoms with Crippen LogP contribution in [0, 0.1) is 17.3 Å². The van der Waals surface area contributed by atoms with Crippen LogP contribution in [0.5, 0.6) is 0 Å². The van der Waals surface area contributed by atoms with E-state index in [1.165, 1.54) is 7.11 Å². The molecule has 0 amide bonds. The topological polar surface area (TPSA) is 46.5 Å². The SMILES string of the molecule is COC(=O)[C@H]1[C@@H](CC(C)O)C1(C)C. The smallest absolute Gasteiger partial charge is 0.309 e. The van der Waals surface area contributed by atoms with Crippen molar-refractivity contribution in [2.75, 3.05) is 7.11 Å². The summed E-state index contributed by atoms with van der Waals surface area (Å²) in [6.07, 6.45) is 0.353. The third-order valence-electron chi connectivity index (χ3n) is 3.10. The van der Waals surface area contributed by atoms with Crippen LogP contribution in [0.15, 0.2) is 0 Å². The molecular weight excluding hydrogens is 168 g/mol. The first-order valence-corrected chi connectivity index (χ1v) is 4.67. The first-order valence-electron chi connectivity index (χ1n) is 4.67. The van der Waals surface area contributed by atoms with Gasteiger partial charge in [-0.05, 0) is 24.7 Å². The van der Waals surface area contributed by atoms with Crippen molar-refractivity contribution in [3.8, 4) is 0 Å². The number of hydrogen-bond donors (Lipinski definition) is 1. The molecule has 13 heavy (non-hydrogen) atoms. The lowest BCUT2D eigenvalue weighted by molar-refractivity contribution is -0.143. The summed E-state index contributed by atoms with van der Waals surface area (Å²) in [5, 5.41) is 9.22. The van der Waals surface area contributed by atoms with Crippen molar-refractivity contribution in [3.63, 3.8) is 0 Å². The summed E-state index contributed by atoms with van der Waals surface area (Å²) in [6.45, 7) is 5.84. The van der Waals surface area contributed by atoms with Crippen molar-refractivity contribution in [1.82, 2.24) is 0 Å². The third-order valence-corrected chi connectivity index (χ3v) is 3.10. The van der Waals surface area contributed by atoms with E-state index in [4.69, 9.17) is 4.74 Å². The molecule has 0 aromatic carbocycles. The number of methoxy groups -OCH3 is 1. The average molecular weight is 186 g/mol. The monoisotopic (exact) mass is 186 g/mol. The Balaban J connectivity index is 2.55. The molecule has 1 aliphatic rings. The molecule has 0 aromatic heterocycles. The Kier molecular flexibility index (Phi) is 2.66. The minimum atomic E-state index is -0.334. The number of esters is 1. The maximum atomic E-state index is 11.3. The molecule has 1 N–H and O–H groups in total. The van der Waals surface area contributed by atoms with E-state index in [2.05, 4.69) is 0 Å². The van der Waals surface area contributed by atoms with Crippen LogP contribution in [0.3, 0.4) is 0 Å². The molecule has 3 atom stereocenters. The van der Waals surface area contributed by atoms with Gasteiger partial charge in [0.1, 0.15) is 0 Å². The van der Waals surface area contributed by atoms with Crippen molar-refractivity contribution in [2.45, 2.75) is 33.3 Å². The Morgan fingerprint density at radius 1 is 1.62 bits per heavy atom. The molecule has 0 radical (unpaired) electrons. The molecule has 1 rings (SSSR count). The van der Waals surface area contributed by atoms with Gasteiger partial charge >= 0.3 is 5.97 Å². The lowest BCUT2D eigenvalue weighted by Crippen LogP contribution is -2.08. The van der Waals surface area contributed by atoms with Gasteiger partial charge in [-0.25, -0.2) is 0 Å². The number of hydrogen-bond acceptors (Lipinski definition) is 3. The summed E-state index contributed by atoms with van der Waals surface area (Å²) < 4.78 is 4.70. The standard InChI is InChI=1S/C10H18O3/c1-6(11)5-7-8(9(12)13-4)10(7,2)3/h6-8,11H,5H2,1-4H3/t6?,7-,8-/m1/s1. The van der Waals surface area contributed by atoms with Gasteiger partial charge in [0.25, 0.3) is 0 Å². The van der Waals surface area contributed by atoms with Gasteiger partial charge in [0.2, 0.25) is 0 Å². The highest BCUT2D eigenvalue weighted by atomic mass is 16.5. The Hall–Kier alpha value is -0.570. The Labute approximate surface area is 79.1 Å². The molecule has 3 heteroatoms. The van der Waals surface area contributed by atoms with Crippen molar-refractivity contribution in [1.29, 1.82) is 0 Å². The van der Waals surface area contributed by atoms with Crippen LogP contribution in [0.1, 0.15) is 27.2 Å². The van der Waals surface area contributed by atoms with Gasteiger partial charge in [0.15, 0.2) is 0 Å². The van der Waals surface area contributed by atoms with Gasteiger partial charge in [0, 0.05) is 0 Å².